The van der Waals surface area contributed by atoms with Crippen molar-refractivity contribution in [2.45, 2.75) is 59.8 Å². The minimum Gasteiger partial charge on any atom is -0.465 e. The fourth-order valence-corrected chi connectivity index (χ4v) is 6.63. The van der Waals surface area contributed by atoms with Crippen LogP contribution in [0.1, 0.15) is 66.1 Å². The summed E-state index contributed by atoms with van der Waals surface area (Å²) in [5.41, 5.74) is 4.45. The van der Waals surface area contributed by atoms with Gasteiger partial charge in [0.25, 0.3) is 5.91 Å². The Kier molecular flexibility index (Phi) is 9.95. The van der Waals surface area contributed by atoms with Crippen LogP contribution < -0.4 is 4.90 Å². The van der Waals surface area contributed by atoms with E-state index in [9.17, 15) is 14.7 Å². The van der Waals surface area contributed by atoms with Gasteiger partial charge >= 0.3 is 6.09 Å². The molecule has 3 unspecified atom stereocenters. The zero-order valence-corrected chi connectivity index (χ0v) is 24.7. The van der Waals surface area contributed by atoms with Gasteiger partial charge in [-0.15, -0.1) is 0 Å². The number of carbonyl (C=O) groups is 2. The van der Waals surface area contributed by atoms with Crippen molar-refractivity contribution in [3.8, 4) is 0 Å². The maximum atomic E-state index is 13.2. The van der Waals surface area contributed by atoms with Crippen LogP contribution in [0, 0.1) is 38.5 Å². The van der Waals surface area contributed by atoms with Gasteiger partial charge < -0.3 is 14.9 Å². The van der Waals surface area contributed by atoms with Crippen molar-refractivity contribution in [2.75, 3.05) is 44.2 Å². The summed E-state index contributed by atoms with van der Waals surface area (Å²) in [6.07, 6.45) is 6.53. The van der Waals surface area contributed by atoms with E-state index in [1.165, 1.54) is 37.0 Å². The molecule has 7 heteroatoms. The number of carboxylic acid groups (broad SMARTS) is 1. The van der Waals surface area contributed by atoms with Crippen molar-refractivity contribution in [1.82, 2.24) is 9.80 Å². The SMILES string of the molecule is C1CCCC1.Cc1ccc(N(CC(C)CN2CC3CN(C(=O)c4c(C)cccc4C)CC3C2)C(=O)O)cc1Cl. The molecule has 0 bridgehead atoms. The van der Waals surface area contributed by atoms with Crippen LogP contribution in [-0.2, 0) is 0 Å². The second-order valence-corrected chi connectivity index (χ2v) is 12.3. The van der Waals surface area contributed by atoms with Crippen LogP contribution in [0.25, 0.3) is 0 Å². The number of nitrogens with zero attached hydrogens (tertiary/aromatic N) is 3. The minimum atomic E-state index is -0.967. The molecule has 3 atom stereocenters. The molecule has 2 aromatic rings. The van der Waals surface area contributed by atoms with Gasteiger partial charge in [-0.1, -0.05) is 74.9 Å². The van der Waals surface area contributed by atoms with Crippen LogP contribution >= 0.6 is 11.6 Å². The van der Waals surface area contributed by atoms with Gasteiger partial charge in [0.2, 0.25) is 0 Å². The molecule has 1 N–H and O–H groups in total. The average Bonchev–Trinajstić information content (AvgIpc) is 3.64. The van der Waals surface area contributed by atoms with Crippen LogP contribution in [0.3, 0.4) is 0 Å². The predicted octanol–water partition coefficient (Wildman–Crippen LogP) is 7.04. The van der Waals surface area contributed by atoms with Gasteiger partial charge in [0.15, 0.2) is 0 Å². The molecule has 0 aromatic heterocycles. The summed E-state index contributed by atoms with van der Waals surface area (Å²) in [5, 5.41) is 10.3. The first-order valence-corrected chi connectivity index (χ1v) is 14.9. The maximum Gasteiger partial charge on any atom is 0.411 e. The lowest BCUT2D eigenvalue weighted by Gasteiger charge is -2.28. The van der Waals surface area contributed by atoms with E-state index in [0.29, 0.717) is 29.1 Å². The van der Waals surface area contributed by atoms with Crippen LogP contribution in [0.2, 0.25) is 5.02 Å². The number of anilines is 1. The van der Waals surface area contributed by atoms with E-state index in [2.05, 4.69) is 11.8 Å². The summed E-state index contributed by atoms with van der Waals surface area (Å²) >= 11 is 6.23. The molecule has 1 aliphatic carbocycles. The Morgan fingerprint density at radius 3 is 2.00 bits per heavy atom. The lowest BCUT2D eigenvalue weighted by molar-refractivity contribution is 0.0771. The fraction of sp³-hybridized carbons (Fsp3) is 0.562. The van der Waals surface area contributed by atoms with Crippen molar-refractivity contribution in [3.05, 3.63) is 63.7 Å². The predicted molar refractivity (Wildman–Crippen MR) is 159 cm³/mol. The summed E-state index contributed by atoms with van der Waals surface area (Å²) in [4.78, 5) is 31.0. The summed E-state index contributed by atoms with van der Waals surface area (Å²) in [6, 6.07) is 11.4. The second kappa shape index (κ2) is 13.2. The Balaban J connectivity index is 0.000000634. The molecule has 2 heterocycles. The average molecular weight is 554 g/mol. The number of hydrogen-bond donors (Lipinski definition) is 1. The third-order valence-electron chi connectivity index (χ3n) is 8.56. The molecule has 5 rings (SSSR count). The summed E-state index contributed by atoms with van der Waals surface area (Å²) < 4.78 is 0. The molecule has 3 aliphatic rings. The highest BCUT2D eigenvalue weighted by atomic mass is 35.5. The summed E-state index contributed by atoms with van der Waals surface area (Å²) in [7, 11) is 0. The Morgan fingerprint density at radius 2 is 1.49 bits per heavy atom. The molecule has 2 amide bonds. The van der Waals surface area contributed by atoms with Crippen LogP contribution in [0.5, 0.6) is 0 Å². The number of rotatable bonds is 6. The van der Waals surface area contributed by atoms with Crippen molar-refractivity contribution in [1.29, 1.82) is 0 Å². The molecule has 2 aromatic carbocycles. The maximum absolute atomic E-state index is 13.2. The van der Waals surface area contributed by atoms with Gasteiger partial charge in [0.1, 0.15) is 0 Å². The van der Waals surface area contributed by atoms with E-state index in [1.807, 2.05) is 56.0 Å². The Labute approximate surface area is 238 Å². The van der Waals surface area contributed by atoms with Crippen molar-refractivity contribution in [3.63, 3.8) is 0 Å². The van der Waals surface area contributed by atoms with Crippen molar-refractivity contribution < 1.29 is 14.7 Å². The van der Waals surface area contributed by atoms with Crippen LogP contribution in [-0.4, -0.2) is 66.2 Å². The van der Waals surface area contributed by atoms with Crippen molar-refractivity contribution in [2.24, 2.45) is 17.8 Å². The topological polar surface area (TPSA) is 64.1 Å². The number of benzene rings is 2. The number of aryl methyl sites for hydroxylation is 3. The molecule has 6 nitrogen and oxygen atoms in total. The zero-order valence-electron chi connectivity index (χ0n) is 24.0. The largest absolute Gasteiger partial charge is 0.465 e. The standard InChI is InChI=1S/C27H34ClN3O3.C5H10/c1-17(12-31(27(33)34)23-9-8-18(2)24(28)10-23)11-29-13-21-15-30(16-22(21)14-29)26(32)25-19(3)6-5-7-20(25)4;1-2-4-5-3-1/h5-10,17,21-22H,11-16H2,1-4H3,(H,33,34);1-5H2. The molecule has 3 fully saturated rings. The number of carbonyl (C=O) groups excluding carboxylic acids is 1. The van der Waals surface area contributed by atoms with E-state index < -0.39 is 6.09 Å². The van der Waals surface area contributed by atoms with E-state index in [-0.39, 0.29) is 11.8 Å². The molecule has 2 saturated heterocycles. The molecule has 2 aliphatic heterocycles. The van der Waals surface area contributed by atoms with Crippen molar-refractivity contribution >= 4 is 29.3 Å². The Hall–Kier alpha value is -2.57. The molecular formula is C32H44ClN3O3. The first-order valence-electron chi connectivity index (χ1n) is 14.5. The van der Waals surface area contributed by atoms with Gasteiger partial charge in [0.05, 0.1) is 0 Å². The van der Waals surface area contributed by atoms with Crippen LogP contribution in [0.15, 0.2) is 36.4 Å². The summed E-state index contributed by atoms with van der Waals surface area (Å²) in [6.45, 7) is 12.8. The molecule has 0 spiro atoms. The Bertz CT molecular complexity index is 1120. The second-order valence-electron chi connectivity index (χ2n) is 11.9. The normalized spacial score (nSPS) is 21.3. The van der Waals surface area contributed by atoms with E-state index in [4.69, 9.17) is 11.6 Å². The third kappa shape index (κ3) is 7.34. The smallest absolute Gasteiger partial charge is 0.411 e. The number of halogens is 1. The van der Waals surface area contributed by atoms with Gasteiger partial charge in [-0.2, -0.15) is 0 Å². The lowest BCUT2D eigenvalue weighted by atomic mass is 10.0. The molecule has 212 valence electrons. The first-order chi connectivity index (χ1) is 18.6. The summed E-state index contributed by atoms with van der Waals surface area (Å²) in [5.74, 6) is 1.28. The molecular weight excluding hydrogens is 510 g/mol. The van der Waals surface area contributed by atoms with E-state index in [0.717, 1.165) is 55.0 Å². The lowest BCUT2D eigenvalue weighted by Crippen LogP contribution is -2.39. The highest BCUT2D eigenvalue weighted by molar-refractivity contribution is 6.31. The highest BCUT2D eigenvalue weighted by Gasteiger charge is 2.42. The van der Waals surface area contributed by atoms with Gasteiger partial charge in [-0.3, -0.25) is 9.69 Å². The Morgan fingerprint density at radius 1 is 0.923 bits per heavy atom. The van der Waals surface area contributed by atoms with E-state index in [1.54, 1.807) is 6.07 Å². The first kappa shape index (κ1) is 29.4. The van der Waals surface area contributed by atoms with Gasteiger partial charge in [0, 0.05) is 55.5 Å². The number of amides is 2. The fourth-order valence-electron chi connectivity index (χ4n) is 6.45. The highest BCUT2D eigenvalue weighted by Crippen LogP contribution is 2.33. The number of likely N-dealkylation sites (tertiary alicyclic amines) is 2. The zero-order chi connectivity index (χ0) is 28.1. The molecule has 0 radical (unpaired) electrons. The number of hydrogen-bond acceptors (Lipinski definition) is 3. The molecule has 1 saturated carbocycles. The number of fused-ring (bicyclic) bond motifs is 1. The van der Waals surface area contributed by atoms with Gasteiger partial charge in [-0.05, 0) is 67.3 Å². The van der Waals surface area contributed by atoms with Gasteiger partial charge in [-0.25, -0.2) is 4.79 Å². The molecule has 39 heavy (non-hydrogen) atoms. The van der Waals surface area contributed by atoms with Crippen LogP contribution in [0.4, 0.5) is 10.5 Å². The van der Waals surface area contributed by atoms with E-state index >= 15 is 0 Å². The third-order valence-corrected chi connectivity index (χ3v) is 8.96. The quantitative estimate of drug-likeness (QED) is 0.416. The monoisotopic (exact) mass is 553 g/mol. The minimum absolute atomic E-state index is 0.152.